The van der Waals surface area contributed by atoms with Gasteiger partial charge in [0, 0.05) is 29.2 Å². The number of hydrogen-bond donors (Lipinski definition) is 3. The fourth-order valence-electron chi connectivity index (χ4n) is 4.25. The Morgan fingerprint density at radius 1 is 1.00 bits per heavy atom. The van der Waals surface area contributed by atoms with Crippen molar-refractivity contribution < 1.29 is 14.7 Å². The fraction of sp³-hybridized carbons (Fsp3) is 0.233. The molecule has 38 heavy (non-hydrogen) atoms. The SMILES string of the molecule is CSCC[C@H](NC(=O)c1ccc(CNC(Cc2ccccc2)c2cncs2)cc1-c1ccccc1)C(=O)O. The number of thioether (sulfide) groups is 1. The Morgan fingerprint density at radius 3 is 2.39 bits per heavy atom. The second-order valence-electron chi connectivity index (χ2n) is 8.92. The maximum Gasteiger partial charge on any atom is 0.326 e. The molecule has 1 aromatic heterocycles. The number of carbonyl (C=O) groups is 2. The number of thiazole rings is 1. The van der Waals surface area contributed by atoms with Gasteiger partial charge in [0.25, 0.3) is 5.91 Å². The molecule has 0 aliphatic heterocycles. The van der Waals surface area contributed by atoms with Gasteiger partial charge < -0.3 is 15.7 Å². The zero-order valence-electron chi connectivity index (χ0n) is 21.2. The first kappa shape index (κ1) is 27.6. The van der Waals surface area contributed by atoms with Gasteiger partial charge in [0.05, 0.1) is 5.51 Å². The summed E-state index contributed by atoms with van der Waals surface area (Å²) in [4.78, 5) is 30.4. The van der Waals surface area contributed by atoms with Crippen LogP contribution in [0.1, 0.15) is 38.8 Å². The normalized spacial score (nSPS) is 12.6. The molecule has 1 amide bonds. The molecule has 1 unspecified atom stereocenters. The minimum absolute atomic E-state index is 0.0980. The lowest BCUT2D eigenvalue weighted by atomic mass is 9.96. The van der Waals surface area contributed by atoms with E-state index >= 15 is 0 Å². The van der Waals surface area contributed by atoms with Gasteiger partial charge in [-0.3, -0.25) is 9.78 Å². The standard InChI is InChI=1S/C30H31N3O3S2/c1-37-15-14-26(30(35)36)33-29(34)24-13-12-22(16-25(24)23-10-6-3-7-11-23)18-32-27(28-19-31-20-38-28)17-21-8-4-2-5-9-21/h2-13,16,19-20,26-27,32H,14-15,17-18H2,1H3,(H,33,34)(H,35,36)/t26-,27?/m0/s1. The third-order valence-electron chi connectivity index (χ3n) is 6.26. The minimum Gasteiger partial charge on any atom is -0.480 e. The van der Waals surface area contributed by atoms with Crippen LogP contribution in [0, 0.1) is 0 Å². The van der Waals surface area contributed by atoms with Gasteiger partial charge >= 0.3 is 5.97 Å². The molecule has 3 aromatic carbocycles. The lowest BCUT2D eigenvalue weighted by Gasteiger charge is -2.19. The van der Waals surface area contributed by atoms with Crippen LogP contribution in [-0.4, -0.2) is 40.0 Å². The highest BCUT2D eigenvalue weighted by Gasteiger charge is 2.22. The molecule has 4 aromatic rings. The summed E-state index contributed by atoms with van der Waals surface area (Å²) in [6.45, 7) is 0.600. The highest BCUT2D eigenvalue weighted by molar-refractivity contribution is 7.98. The van der Waals surface area contributed by atoms with Crippen molar-refractivity contribution >= 4 is 35.0 Å². The molecule has 2 atom stereocenters. The number of aromatic nitrogens is 1. The van der Waals surface area contributed by atoms with E-state index in [-0.39, 0.29) is 11.9 Å². The number of hydrogen-bond acceptors (Lipinski definition) is 6. The summed E-state index contributed by atoms with van der Waals surface area (Å²) in [5.41, 5.74) is 6.25. The summed E-state index contributed by atoms with van der Waals surface area (Å²) in [5, 5.41) is 16.0. The van der Waals surface area contributed by atoms with Crippen LogP contribution in [0.5, 0.6) is 0 Å². The van der Waals surface area contributed by atoms with Gasteiger partial charge in [0.1, 0.15) is 6.04 Å². The molecule has 0 radical (unpaired) electrons. The number of carboxylic acid groups (broad SMARTS) is 1. The number of nitrogens with one attached hydrogen (secondary N) is 2. The van der Waals surface area contributed by atoms with Crippen LogP contribution in [0.3, 0.4) is 0 Å². The van der Waals surface area contributed by atoms with E-state index < -0.39 is 12.0 Å². The van der Waals surface area contributed by atoms with E-state index in [1.54, 1.807) is 29.2 Å². The molecule has 4 rings (SSSR count). The molecule has 0 spiro atoms. The van der Waals surface area contributed by atoms with Crippen molar-refractivity contribution in [2.45, 2.75) is 31.5 Å². The first-order valence-corrected chi connectivity index (χ1v) is 14.7. The molecule has 8 heteroatoms. The Morgan fingerprint density at radius 2 is 1.74 bits per heavy atom. The first-order valence-electron chi connectivity index (χ1n) is 12.4. The first-order chi connectivity index (χ1) is 18.5. The Balaban J connectivity index is 1.57. The van der Waals surface area contributed by atoms with Gasteiger partial charge in [-0.1, -0.05) is 66.7 Å². The molecular formula is C30H31N3O3S2. The van der Waals surface area contributed by atoms with Gasteiger partial charge in [-0.05, 0) is 59.2 Å². The maximum absolute atomic E-state index is 13.3. The Bertz CT molecular complexity index is 1320. The molecule has 1 heterocycles. The number of amides is 1. The number of carbonyl (C=O) groups excluding carboxylic acids is 1. The molecule has 0 bridgehead atoms. The molecule has 0 saturated heterocycles. The molecule has 3 N–H and O–H groups in total. The Kier molecular flexibility index (Phi) is 10.1. The van der Waals surface area contributed by atoms with E-state index in [4.69, 9.17) is 0 Å². The van der Waals surface area contributed by atoms with Crippen molar-refractivity contribution in [3.63, 3.8) is 0 Å². The van der Waals surface area contributed by atoms with Gasteiger partial charge in [0.2, 0.25) is 0 Å². The molecular weight excluding hydrogens is 514 g/mol. The van der Waals surface area contributed by atoms with Gasteiger partial charge in [-0.25, -0.2) is 4.79 Å². The topological polar surface area (TPSA) is 91.3 Å². The second-order valence-corrected chi connectivity index (χ2v) is 10.8. The predicted molar refractivity (Wildman–Crippen MR) is 156 cm³/mol. The van der Waals surface area contributed by atoms with Crippen LogP contribution >= 0.6 is 23.1 Å². The number of nitrogens with zero attached hydrogens (tertiary/aromatic N) is 1. The van der Waals surface area contributed by atoms with E-state index in [2.05, 4.69) is 27.8 Å². The van der Waals surface area contributed by atoms with E-state index in [1.807, 2.05) is 78.6 Å². The third-order valence-corrected chi connectivity index (χ3v) is 7.79. The fourth-order valence-corrected chi connectivity index (χ4v) is 5.41. The quantitative estimate of drug-likeness (QED) is 0.196. The van der Waals surface area contributed by atoms with E-state index in [9.17, 15) is 14.7 Å². The van der Waals surface area contributed by atoms with Crippen LogP contribution in [0.25, 0.3) is 11.1 Å². The molecule has 0 aliphatic rings. The van der Waals surface area contributed by atoms with Crippen LogP contribution in [0.15, 0.2) is 90.6 Å². The zero-order chi connectivity index (χ0) is 26.7. The van der Waals surface area contributed by atoms with Crippen LogP contribution in [0.2, 0.25) is 0 Å². The van der Waals surface area contributed by atoms with E-state index in [0.717, 1.165) is 28.0 Å². The van der Waals surface area contributed by atoms with Crippen LogP contribution < -0.4 is 10.6 Å². The zero-order valence-corrected chi connectivity index (χ0v) is 22.8. The van der Waals surface area contributed by atoms with E-state index in [0.29, 0.717) is 24.3 Å². The van der Waals surface area contributed by atoms with Crippen LogP contribution in [-0.2, 0) is 17.8 Å². The minimum atomic E-state index is -1.03. The van der Waals surface area contributed by atoms with E-state index in [1.165, 1.54) is 5.56 Å². The van der Waals surface area contributed by atoms with Crippen molar-refractivity contribution in [1.82, 2.24) is 15.6 Å². The molecule has 0 saturated carbocycles. The van der Waals surface area contributed by atoms with Crippen molar-refractivity contribution in [3.05, 3.63) is 112 Å². The Labute approximate surface area is 231 Å². The average molecular weight is 546 g/mol. The van der Waals surface area contributed by atoms with Crippen molar-refractivity contribution in [2.24, 2.45) is 0 Å². The summed E-state index contributed by atoms with van der Waals surface area (Å²) in [5.74, 6) is -0.761. The third kappa shape index (κ3) is 7.54. The monoisotopic (exact) mass is 545 g/mol. The van der Waals surface area contributed by atoms with Gasteiger partial charge in [-0.15, -0.1) is 11.3 Å². The summed E-state index contributed by atoms with van der Waals surface area (Å²) < 4.78 is 0. The van der Waals surface area contributed by atoms with Crippen molar-refractivity contribution in [1.29, 1.82) is 0 Å². The predicted octanol–water partition coefficient (Wildman–Crippen LogP) is 5.82. The van der Waals surface area contributed by atoms with Gasteiger partial charge in [0.15, 0.2) is 0 Å². The highest BCUT2D eigenvalue weighted by atomic mass is 32.2. The number of carboxylic acids is 1. The molecule has 6 nitrogen and oxygen atoms in total. The molecule has 196 valence electrons. The van der Waals surface area contributed by atoms with Crippen molar-refractivity contribution in [3.8, 4) is 11.1 Å². The van der Waals surface area contributed by atoms with Crippen LogP contribution in [0.4, 0.5) is 0 Å². The summed E-state index contributed by atoms with van der Waals surface area (Å²) >= 11 is 3.18. The van der Waals surface area contributed by atoms with Gasteiger partial charge in [-0.2, -0.15) is 11.8 Å². The Hall–Kier alpha value is -3.46. The highest BCUT2D eigenvalue weighted by Crippen LogP contribution is 2.27. The lowest BCUT2D eigenvalue weighted by molar-refractivity contribution is -0.139. The smallest absolute Gasteiger partial charge is 0.326 e. The largest absolute Gasteiger partial charge is 0.480 e. The number of rotatable bonds is 13. The average Bonchev–Trinajstić information content (AvgIpc) is 3.49. The number of aliphatic carboxylic acids is 1. The maximum atomic E-state index is 13.3. The summed E-state index contributed by atoms with van der Waals surface area (Å²) in [6.07, 6.45) is 5.03. The lowest BCUT2D eigenvalue weighted by Crippen LogP contribution is -2.41. The molecule has 0 fully saturated rings. The molecule has 0 aliphatic carbocycles. The summed E-state index contributed by atoms with van der Waals surface area (Å²) in [6, 6.07) is 25.0. The van der Waals surface area contributed by atoms with Crippen molar-refractivity contribution in [2.75, 3.05) is 12.0 Å². The second kappa shape index (κ2) is 13.9. The number of benzene rings is 3. The summed E-state index contributed by atoms with van der Waals surface area (Å²) in [7, 11) is 0.